The maximum absolute atomic E-state index is 11.9. The number of hydrogen-bond acceptors (Lipinski definition) is 12. The molecule has 308 valence electrons. The number of carbonyl (C=O) groups excluding carboxylic acids is 1. The van der Waals surface area contributed by atoms with Gasteiger partial charge in [0.05, 0.1) is 33.5 Å². The lowest BCUT2D eigenvalue weighted by molar-refractivity contribution is 0.0569. The van der Waals surface area contributed by atoms with Crippen LogP contribution in [0.2, 0.25) is 0 Å². The maximum atomic E-state index is 11.9. The number of benzene rings is 2. The van der Waals surface area contributed by atoms with Crippen LogP contribution in [0.25, 0.3) is 21.8 Å². The van der Waals surface area contributed by atoms with E-state index in [0.717, 1.165) is 81.1 Å². The van der Waals surface area contributed by atoms with Crippen molar-refractivity contribution in [3.63, 3.8) is 0 Å². The number of aromatic nitrogens is 2. The summed E-state index contributed by atoms with van der Waals surface area (Å²) in [6, 6.07) is 12.5. The fourth-order valence-corrected chi connectivity index (χ4v) is 6.78. The number of fused-ring (bicyclic) bond motifs is 2. The first-order valence-electron chi connectivity index (χ1n) is 18.6. The van der Waals surface area contributed by atoms with Crippen LogP contribution in [0.5, 0.6) is 0 Å². The van der Waals surface area contributed by atoms with Crippen molar-refractivity contribution in [1.29, 1.82) is 10.5 Å². The number of nitriles is 2. The van der Waals surface area contributed by atoms with E-state index in [0.29, 0.717) is 43.6 Å². The lowest BCUT2D eigenvalue weighted by atomic mass is 10.0. The molecular weight excluding hydrogens is 769 g/mol. The highest BCUT2D eigenvalue weighted by molar-refractivity contribution is 7.88. The quantitative estimate of drug-likeness (QED) is 0.0695. The van der Waals surface area contributed by atoms with Gasteiger partial charge in [-0.1, -0.05) is 12.8 Å². The Morgan fingerprint density at radius 1 is 0.684 bits per heavy atom. The molecule has 0 aliphatic carbocycles. The summed E-state index contributed by atoms with van der Waals surface area (Å²) in [7, 11) is -7.57. The van der Waals surface area contributed by atoms with Gasteiger partial charge >= 0.3 is 16.3 Å². The van der Waals surface area contributed by atoms with E-state index in [4.69, 9.17) is 9.88 Å². The van der Waals surface area contributed by atoms with Crippen LogP contribution in [0.1, 0.15) is 92.7 Å². The maximum Gasteiger partial charge on any atom is 0.422 e. The molecule has 0 radical (unpaired) electrons. The molecule has 16 nitrogen and oxygen atoms in total. The highest BCUT2D eigenvalue weighted by Gasteiger charge is 2.21. The van der Waals surface area contributed by atoms with E-state index in [9.17, 15) is 32.2 Å². The van der Waals surface area contributed by atoms with Gasteiger partial charge in [-0.2, -0.15) is 32.1 Å². The van der Waals surface area contributed by atoms with E-state index >= 15 is 0 Å². The van der Waals surface area contributed by atoms with Crippen LogP contribution in [0.4, 0.5) is 16.2 Å². The Kier molecular flexibility index (Phi) is 16.9. The monoisotopic (exact) mass is 822 g/mol. The second-order valence-electron chi connectivity index (χ2n) is 14.6. The molecule has 0 aliphatic rings. The Morgan fingerprint density at radius 2 is 1.09 bits per heavy atom. The van der Waals surface area contributed by atoms with E-state index in [1.807, 2.05) is 50.6 Å². The second-order valence-corrected chi connectivity index (χ2v) is 17.5. The highest BCUT2D eigenvalue weighted by atomic mass is 32.2. The van der Waals surface area contributed by atoms with Crippen molar-refractivity contribution in [2.24, 2.45) is 5.14 Å². The van der Waals surface area contributed by atoms with Crippen LogP contribution in [0, 0.1) is 50.4 Å². The smallest absolute Gasteiger partial charge is 0.422 e. The number of nitrogens with zero attached hydrogens (tertiary/aromatic N) is 4. The van der Waals surface area contributed by atoms with Crippen molar-refractivity contribution < 1.29 is 26.4 Å². The molecule has 0 bridgehead atoms. The average Bonchev–Trinajstić information content (AvgIpc) is 3.10. The van der Waals surface area contributed by atoms with Gasteiger partial charge in [0, 0.05) is 49.3 Å². The van der Waals surface area contributed by atoms with Gasteiger partial charge in [-0.15, -0.1) is 0 Å². The Labute approximate surface area is 336 Å². The Bertz CT molecular complexity index is 2350. The number of pyridine rings is 2. The van der Waals surface area contributed by atoms with Crippen molar-refractivity contribution >= 4 is 59.7 Å². The molecular formula is C39H54N10O6S2. The number of amides is 1. The van der Waals surface area contributed by atoms with Gasteiger partial charge in [0.15, 0.2) is 0 Å². The summed E-state index contributed by atoms with van der Waals surface area (Å²) in [4.78, 5) is 20.3. The van der Waals surface area contributed by atoms with Crippen molar-refractivity contribution in [3.8, 4) is 12.1 Å². The SMILES string of the molecule is Cc1cc2ncc(C#N)c(NCCCCCNS(=O)(=O)NC(=O)OC(C)(C)C)c2cc1C.Cc1cc2ncc(C#N)c(NCCCCCNS(N)(=O)=O)c2cc1C. The number of ether oxygens (including phenoxy) is 1. The fraction of sp³-hybridized carbons (Fsp3) is 0.462. The molecule has 0 saturated carbocycles. The minimum Gasteiger partial charge on any atom is -0.443 e. The fourth-order valence-electron chi connectivity index (χ4n) is 5.60. The summed E-state index contributed by atoms with van der Waals surface area (Å²) in [5.74, 6) is 0. The normalized spacial score (nSPS) is 11.6. The van der Waals surface area contributed by atoms with E-state index in [-0.39, 0.29) is 6.54 Å². The minimum atomic E-state index is -3.96. The molecule has 2 aromatic heterocycles. The Hall–Kier alpha value is -5.11. The third-order valence-corrected chi connectivity index (χ3v) is 10.4. The van der Waals surface area contributed by atoms with Gasteiger partial charge in [-0.05, 0) is 121 Å². The number of aryl methyl sites for hydroxylation is 4. The third-order valence-electron chi connectivity index (χ3n) is 8.73. The van der Waals surface area contributed by atoms with Gasteiger partial charge in [0.1, 0.15) is 17.7 Å². The van der Waals surface area contributed by atoms with Gasteiger partial charge in [0.2, 0.25) is 0 Å². The summed E-state index contributed by atoms with van der Waals surface area (Å²) in [5.41, 5.74) is 8.09. The minimum absolute atomic E-state index is 0.193. The van der Waals surface area contributed by atoms with E-state index in [1.54, 1.807) is 33.2 Å². The zero-order valence-electron chi connectivity index (χ0n) is 33.7. The predicted molar refractivity (Wildman–Crippen MR) is 224 cm³/mol. The van der Waals surface area contributed by atoms with Crippen molar-refractivity contribution in [3.05, 3.63) is 70.0 Å². The van der Waals surface area contributed by atoms with Crippen LogP contribution in [0.15, 0.2) is 36.7 Å². The zero-order chi connectivity index (χ0) is 42.4. The van der Waals surface area contributed by atoms with Gasteiger partial charge in [0.25, 0.3) is 10.2 Å². The summed E-state index contributed by atoms with van der Waals surface area (Å²) < 4.78 is 56.6. The molecule has 4 rings (SSSR count). The number of anilines is 2. The molecule has 2 heterocycles. The largest absolute Gasteiger partial charge is 0.443 e. The molecule has 0 unspecified atom stereocenters. The molecule has 0 atom stereocenters. The second kappa shape index (κ2) is 20.9. The number of rotatable bonds is 17. The molecule has 57 heavy (non-hydrogen) atoms. The summed E-state index contributed by atoms with van der Waals surface area (Å²) in [6.07, 6.45) is 6.69. The van der Waals surface area contributed by atoms with Crippen LogP contribution in [0.3, 0.4) is 0 Å². The number of nitrogens with two attached hydrogens (primary N) is 1. The molecule has 0 spiro atoms. The van der Waals surface area contributed by atoms with Crippen LogP contribution >= 0.6 is 0 Å². The number of unbranched alkanes of at least 4 members (excludes halogenated alkanes) is 4. The molecule has 0 saturated heterocycles. The molecule has 7 N–H and O–H groups in total. The predicted octanol–water partition coefficient (Wildman–Crippen LogP) is 5.76. The van der Waals surface area contributed by atoms with Crippen molar-refractivity contribution in [2.75, 3.05) is 36.8 Å². The van der Waals surface area contributed by atoms with Crippen molar-refractivity contribution in [2.45, 2.75) is 92.6 Å². The zero-order valence-corrected chi connectivity index (χ0v) is 35.3. The first-order valence-corrected chi connectivity index (χ1v) is 21.6. The summed E-state index contributed by atoms with van der Waals surface area (Å²) >= 11 is 0. The lowest BCUT2D eigenvalue weighted by Gasteiger charge is -2.19. The Balaban J connectivity index is 0.000000315. The van der Waals surface area contributed by atoms with E-state index < -0.39 is 32.1 Å². The highest BCUT2D eigenvalue weighted by Crippen LogP contribution is 2.29. The van der Waals surface area contributed by atoms with Crippen LogP contribution < -0.4 is 29.9 Å². The van der Waals surface area contributed by atoms with Crippen molar-refractivity contribution in [1.82, 2.24) is 24.1 Å². The molecule has 0 aliphatic heterocycles. The first kappa shape index (κ1) is 46.3. The van der Waals surface area contributed by atoms with Gasteiger partial charge in [-0.25, -0.2) is 19.4 Å². The van der Waals surface area contributed by atoms with E-state index in [2.05, 4.69) is 48.3 Å². The summed E-state index contributed by atoms with van der Waals surface area (Å²) in [5, 5.41) is 32.2. The van der Waals surface area contributed by atoms with Gasteiger partial charge < -0.3 is 15.4 Å². The average molecular weight is 823 g/mol. The van der Waals surface area contributed by atoms with Gasteiger partial charge in [-0.3, -0.25) is 9.97 Å². The molecule has 18 heteroatoms. The topological polar surface area (TPSA) is 254 Å². The summed E-state index contributed by atoms with van der Waals surface area (Å²) in [6.45, 7) is 14.9. The number of nitrogens with one attached hydrogen (secondary N) is 5. The third kappa shape index (κ3) is 15.4. The molecule has 2 aromatic carbocycles. The van der Waals surface area contributed by atoms with Crippen LogP contribution in [-0.4, -0.2) is 64.7 Å². The first-order chi connectivity index (χ1) is 26.7. The Morgan fingerprint density at radius 3 is 1.49 bits per heavy atom. The number of hydrogen-bond donors (Lipinski definition) is 6. The van der Waals surface area contributed by atoms with E-state index in [1.165, 1.54) is 0 Å². The number of carbonyl (C=O) groups is 1. The standard InChI is InChI=1S/C22H31N5O4S.C17H23N5O2S/c1-15-11-18-19(12-16(15)2)25-14-17(13-23)20(18)24-9-7-6-8-10-26-32(29,30)27-21(28)31-22(3,4)5;1-12-8-15-16(9-13(12)2)21-11-14(10-18)17(15)20-6-4-3-5-7-22-25(19,23)24/h11-12,14,26H,6-10H2,1-5H3,(H,24,25)(H,27,28);8-9,11,22H,3-7H2,1-2H3,(H,20,21)(H2,19,23,24). The molecule has 0 fully saturated rings. The molecule has 1 amide bonds. The van der Waals surface area contributed by atoms with Crippen LogP contribution in [-0.2, 0) is 25.2 Å². The molecule has 4 aromatic rings. The lowest BCUT2D eigenvalue weighted by Crippen LogP contribution is -2.43.